The van der Waals surface area contributed by atoms with E-state index in [1.807, 2.05) is 13.0 Å². The molecule has 8 aromatic rings. The summed E-state index contributed by atoms with van der Waals surface area (Å²) in [6, 6.07) is 44.2. The van der Waals surface area contributed by atoms with Crippen LogP contribution in [-0.2, 0) is 24.8 Å². The van der Waals surface area contributed by atoms with Gasteiger partial charge in [-0.1, -0.05) is 60.7 Å². The van der Waals surface area contributed by atoms with Crippen molar-refractivity contribution in [1.82, 2.24) is 19.9 Å². The van der Waals surface area contributed by atoms with E-state index in [1.54, 1.807) is 24.8 Å². The molecule has 2 aromatic heterocycles. The van der Waals surface area contributed by atoms with Crippen molar-refractivity contribution in [2.45, 2.75) is 68.7 Å². The number of hydrogen-bond donors (Lipinski definition) is 0. The van der Waals surface area contributed by atoms with Crippen molar-refractivity contribution in [3.05, 3.63) is 197 Å². The van der Waals surface area contributed by atoms with Crippen LogP contribution in [0.3, 0.4) is 0 Å². The monoisotopic (exact) mass is 1050 g/mol. The maximum absolute atomic E-state index is 6.36. The zero-order chi connectivity index (χ0) is 45.4. The zero-order valence-corrected chi connectivity index (χ0v) is 41.4. The smallest absolute Gasteiger partial charge is 0.221 e. The fourth-order valence-electron chi connectivity index (χ4n) is 9.32. The summed E-state index contributed by atoms with van der Waals surface area (Å²) >= 11 is 0. The predicted octanol–water partition coefficient (Wildman–Crippen LogP) is 13.6. The van der Waals surface area contributed by atoms with Gasteiger partial charge in [-0.05, 0) is 160 Å². The van der Waals surface area contributed by atoms with Crippen LogP contribution >= 0.6 is 0 Å². The summed E-state index contributed by atoms with van der Waals surface area (Å²) in [7, 11) is 0. The Kier molecular flexibility index (Phi) is 13.5. The largest absolute Gasteiger partial charge is 0.477 e. The Morgan fingerprint density at radius 1 is 0.500 bits per heavy atom. The Bertz CT molecular complexity index is 2960. The third kappa shape index (κ3) is 8.97. The summed E-state index contributed by atoms with van der Waals surface area (Å²) in [6.07, 6.45) is 6.57. The normalized spacial score (nSPS) is 13.8. The Balaban J connectivity index is 0.000000177. The first-order valence-electron chi connectivity index (χ1n) is 22.2. The number of fused-ring (bicyclic) bond motifs is 2. The summed E-state index contributed by atoms with van der Waals surface area (Å²) in [5, 5.41) is 0. The number of rotatable bonds is 8. The van der Waals surface area contributed by atoms with Gasteiger partial charge in [0, 0.05) is 68.6 Å². The minimum atomic E-state index is -0.392. The van der Waals surface area contributed by atoms with Crippen molar-refractivity contribution in [1.29, 1.82) is 0 Å². The van der Waals surface area contributed by atoms with Crippen LogP contribution in [-0.4, -0.2) is 32.9 Å². The number of nitrogens with zero attached hydrogens (tertiary/aromatic N) is 8. The maximum atomic E-state index is 6.36. The Morgan fingerprint density at radius 3 is 1.48 bits per heavy atom. The van der Waals surface area contributed by atoms with Crippen LogP contribution in [0.4, 0.5) is 46.0 Å². The van der Waals surface area contributed by atoms with Crippen molar-refractivity contribution < 1.29 is 24.8 Å². The molecule has 2 aliphatic heterocycles. The molecular weight excluding hydrogens is 993 g/mol. The molecule has 0 N–H and O–H groups in total. The molecule has 1 radical (unpaired) electrons. The van der Waals surface area contributed by atoms with Crippen LogP contribution in [0.5, 0.6) is 0 Å². The first kappa shape index (κ1) is 45.8. The first-order chi connectivity index (χ1) is 31.5. The molecule has 0 aliphatic carbocycles. The van der Waals surface area contributed by atoms with Gasteiger partial charge < -0.3 is 14.5 Å². The van der Waals surface area contributed by atoms with Crippen molar-refractivity contribution in [3.8, 4) is 22.3 Å². The molecule has 10 rings (SSSR count). The molecule has 335 valence electrons. The van der Waals surface area contributed by atoms with E-state index in [0.717, 1.165) is 46.0 Å². The Labute approximate surface area is 403 Å². The molecule has 9 nitrogen and oxygen atoms in total. The summed E-state index contributed by atoms with van der Waals surface area (Å²) < 4.78 is 6.36. The van der Waals surface area contributed by atoms with E-state index in [-0.39, 0.29) is 20.1 Å². The zero-order valence-electron chi connectivity index (χ0n) is 39.0. The van der Waals surface area contributed by atoms with Crippen LogP contribution in [0.1, 0.15) is 51.4 Å². The second-order valence-corrected chi connectivity index (χ2v) is 17.0. The van der Waals surface area contributed by atoms with Crippen molar-refractivity contribution in [2.24, 2.45) is 0 Å². The van der Waals surface area contributed by atoms with Gasteiger partial charge in [0.2, 0.25) is 6.35 Å². The third-order valence-corrected chi connectivity index (χ3v) is 11.9. The van der Waals surface area contributed by atoms with Crippen LogP contribution in [0.2, 0.25) is 0 Å². The molecule has 66 heavy (non-hydrogen) atoms. The van der Waals surface area contributed by atoms with Gasteiger partial charge in [0.25, 0.3) is 0 Å². The average Bonchev–Trinajstić information content (AvgIpc) is 3.83. The second-order valence-electron chi connectivity index (χ2n) is 17.0. The van der Waals surface area contributed by atoms with E-state index in [4.69, 9.17) is 14.7 Å². The van der Waals surface area contributed by atoms with Gasteiger partial charge in [-0.15, -0.1) is 24.0 Å². The van der Waals surface area contributed by atoms with E-state index in [9.17, 15) is 0 Å². The SMILES string of the molecule is CCOC1N(c2cc(C)cc(C)c2)c2nccnc2N1c1cccc(-c2c(C)cccc2C)c1.Cc1cc(C)cc(N2[CH-]N(c3[c-]ccc(-c4c(C)cccc4C)c3)c3nccnc32)c1.[Ir]. The summed E-state index contributed by atoms with van der Waals surface area (Å²) in [5.41, 5.74) is 18.9. The van der Waals surface area contributed by atoms with Crippen LogP contribution in [0, 0.1) is 68.1 Å². The molecule has 0 saturated carbocycles. The molecule has 4 heterocycles. The molecule has 0 spiro atoms. The van der Waals surface area contributed by atoms with E-state index < -0.39 is 6.35 Å². The molecule has 0 amide bonds. The minimum Gasteiger partial charge on any atom is -0.477 e. The summed E-state index contributed by atoms with van der Waals surface area (Å²) in [5.74, 6) is 3.21. The van der Waals surface area contributed by atoms with Gasteiger partial charge in [0.05, 0.1) is 0 Å². The van der Waals surface area contributed by atoms with E-state index >= 15 is 0 Å². The maximum Gasteiger partial charge on any atom is 0.221 e. The fraction of sp³-hybridized carbons (Fsp3) is 0.196. The van der Waals surface area contributed by atoms with Crippen molar-refractivity contribution >= 4 is 46.0 Å². The third-order valence-electron chi connectivity index (χ3n) is 11.9. The summed E-state index contributed by atoms with van der Waals surface area (Å²) in [6.45, 7) is 21.7. The summed E-state index contributed by atoms with van der Waals surface area (Å²) in [4.78, 5) is 27.2. The van der Waals surface area contributed by atoms with Crippen LogP contribution < -0.4 is 19.6 Å². The molecule has 6 aromatic carbocycles. The molecule has 0 fully saturated rings. The van der Waals surface area contributed by atoms with Crippen LogP contribution in [0.25, 0.3) is 22.3 Å². The minimum absolute atomic E-state index is 0. The number of ether oxygens (including phenoxy) is 1. The first-order valence-corrected chi connectivity index (χ1v) is 22.2. The van der Waals surface area contributed by atoms with Gasteiger partial charge in [0.1, 0.15) is 11.6 Å². The number of hydrogen-bond acceptors (Lipinski definition) is 9. The van der Waals surface area contributed by atoms with Gasteiger partial charge >= 0.3 is 0 Å². The standard InChI is InChI=1S/C29H30N4O.C27H24N4.Ir/c1-6-34-29-32(24-12-8-11-23(18-24)26-21(4)9-7-10-22(26)5)27-28(31-14-13-30-27)33(29)25-16-19(2)15-20(3)17-25;1-18-13-19(2)15-24(14-18)31-17-30(26-27(31)29-12-11-28-26)23-10-6-9-22(16-23)25-20(3)7-5-8-21(25)4;/h7-18,29H,6H2,1-5H3;5-9,11-17H,1-4H3;/q;-2;. The quantitative estimate of drug-likeness (QED) is 0.138. The number of benzene rings is 6. The number of anilines is 8. The number of aryl methyl sites for hydroxylation is 8. The molecule has 0 bridgehead atoms. The number of aromatic nitrogens is 4. The molecule has 2 aliphatic rings. The van der Waals surface area contributed by atoms with Crippen LogP contribution in [0.15, 0.2) is 140 Å². The van der Waals surface area contributed by atoms with E-state index in [1.165, 1.54) is 66.8 Å². The molecule has 10 heteroatoms. The van der Waals surface area contributed by atoms with Gasteiger partial charge in [0.15, 0.2) is 11.6 Å². The van der Waals surface area contributed by atoms with E-state index in [2.05, 4.69) is 207 Å². The van der Waals surface area contributed by atoms with Crippen molar-refractivity contribution in [2.75, 3.05) is 26.2 Å². The van der Waals surface area contributed by atoms with Gasteiger partial charge in [-0.25, -0.2) is 19.9 Å². The molecular formula is C56H54IrN8O-2. The second kappa shape index (κ2) is 19.4. The van der Waals surface area contributed by atoms with Gasteiger partial charge in [-0.3, -0.25) is 9.80 Å². The Hall–Kier alpha value is -6.71. The van der Waals surface area contributed by atoms with Gasteiger partial charge in [-0.2, -0.15) is 18.2 Å². The molecule has 1 atom stereocenters. The van der Waals surface area contributed by atoms with Crippen molar-refractivity contribution in [3.63, 3.8) is 0 Å². The molecule has 0 saturated heterocycles. The Morgan fingerprint density at radius 2 is 0.955 bits per heavy atom. The fourth-order valence-corrected chi connectivity index (χ4v) is 9.32. The average molecular weight is 1050 g/mol. The molecule has 1 unspecified atom stereocenters. The predicted molar refractivity (Wildman–Crippen MR) is 266 cm³/mol. The van der Waals surface area contributed by atoms with E-state index in [0.29, 0.717) is 6.61 Å². The topological polar surface area (TPSA) is 73.8 Å².